The molecule has 0 saturated heterocycles. The van der Waals surface area contributed by atoms with E-state index in [0.717, 1.165) is 25.1 Å². The molecule has 0 aliphatic heterocycles. The van der Waals surface area contributed by atoms with E-state index in [0.29, 0.717) is 5.95 Å². The highest BCUT2D eigenvalue weighted by Gasteiger charge is 2.40. The number of nitrogens with zero attached hydrogens (tertiary/aromatic N) is 3. The SMILES string of the molecule is CCN(CC)c1ncc(Cl)c(C(=O)N[C@H]2C[C@@H]2c2cccc(F)c2)n1. The van der Waals surface area contributed by atoms with Crippen molar-refractivity contribution in [3.63, 3.8) is 0 Å². The van der Waals surface area contributed by atoms with Crippen LogP contribution >= 0.6 is 11.6 Å². The van der Waals surface area contributed by atoms with Gasteiger partial charge < -0.3 is 10.2 Å². The molecule has 1 saturated carbocycles. The first kappa shape index (κ1) is 17.6. The molecule has 1 amide bonds. The van der Waals surface area contributed by atoms with Crippen LogP contribution in [-0.4, -0.2) is 35.0 Å². The van der Waals surface area contributed by atoms with Crippen molar-refractivity contribution in [2.24, 2.45) is 0 Å². The molecule has 1 aromatic heterocycles. The lowest BCUT2D eigenvalue weighted by Gasteiger charge is -2.19. The Bertz CT molecular complexity index is 781. The zero-order chi connectivity index (χ0) is 18.0. The molecule has 0 unspecified atom stereocenters. The van der Waals surface area contributed by atoms with Crippen molar-refractivity contribution in [3.8, 4) is 0 Å². The van der Waals surface area contributed by atoms with E-state index in [4.69, 9.17) is 11.6 Å². The van der Waals surface area contributed by atoms with Gasteiger partial charge in [-0.05, 0) is 38.0 Å². The summed E-state index contributed by atoms with van der Waals surface area (Å²) in [6.45, 7) is 5.47. The van der Waals surface area contributed by atoms with Crippen LogP contribution in [0.4, 0.5) is 10.3 Å². The number of halogens is 2. The number of hydrogen-bond donors (Lipinski definition) is 1. The molecular weight excluding hydrogens is 343 g/mol. The van der Waals surface area contributed by atoms with Gasteiger partial charge in [0.1, 0.15) is 5.82 Å². The van der Waals surface area contributed by atoms with E-state index in [9.17, 15) is 9.18 Å². The molecule has 1 fully saturated rings. The molecule has 0 spiro atoms. The Labute approximate surface area is 151 Å². The summed E-state index contributed by atoms with van der Waals surface area (Å²) < 4.78 is 13.3. The first-order valence-electron chi connectivity index (χ1n) is 8.37. The minimum atomic E-state index is -0.329. The topological polar surface area (TPSA) is 58.1 Å². The third-order valence-corrected chi connectivity index (χ3v) is 4.65. The van der Waals surface area contributed by atoms with Gasteiger partial charge in [0.15, 0.2) is 5.69 Å². The summed E-state index contributed by atoms with van der Waals surface area (Å²) in [4.78, 5) is 23.0. The van der Waals surface area contributed by atoms with E-state index < -0.39 is 0 Å². The fraction of sp³-hybridized carbons (Fsp3) is 0.389. The minimum absolute atomic E-state index is 0.0303. The second kappa shape index (κ2) is 7.35. The lowest BCUT2D eigenvalue weighted by Crippen LogP contribution is -2.30. The third-order valence-electron chi connectivity index (χ3n) is 4.38. The molecule has 3 rings (SSSR count). The van der Waals surface area contributed by atoms with Crippen molar-refractivity contribution in [1.29, 1.82) is 0 Å². The predicted octanol–water partition coefficient (Wildman–Crippen LogP) is 3.40. The van der Waals surface area contributed by atoms with Crippen molar-refractivity contribution in [1.82, 2.24) is 15.3 Å². The number of carbonyl (C=O) groups excluding carboxylic acids is 1. The molecule has 0 radical (unpaired) electrons. The Morgan fingerprint density at radius 2 is 2.16 bits per heavy atom. The standard InChI is InChI=1S/C18H20ClFN4O/c1-3-24(4-2)18-21-10-14(19)16(23-18)17(25)22-15-9-13(15)11-6-5-7-12(20)8-11/h5-8,10,13,15H,3-4,9H2,1-2H3,(H,22,25)/t13-,15+/m1/s1. The smallest absolute Gasteiger partial charge is 0.271 e. The fourth-order valence-corrected chi connectivity index (χ4v) is 3.05. The van der Waals surface area contributed by atoms with Crippen molar-refractivity contribution in [3.05, 3.63) is 52.6 Å². The second-order valence-corrected chi connectivity index (χ2v) is 6.42. The van der Waals surface area contributed by atoms with Gasteiger partial charge in [0, 0.05) is 25.0 Å². The number of rotatable bonds is 6. The van der Waals surface area contributed by atoms with E-state index in [1.54, 1.807) is 6.07 Å². The normalized spacial score (nSPS) is 18.7. The zero-order valence-electron chi connectivity index (χ0n) is 14.2. The molecule has 1 aliphatic rings. The Morgan fingerprint density at radius 1 is 1.40 bits per heavy atom. The number of amides is 1. The molecule has 2 atom stereocenters. The van der Waals surface area contributed by atoms with Crippen LogP contribution in [-0.2, 0) is 0 Å². The highest BCUT2D eigenvalue weighted by molar-refractivity contribution is 6.33. The quantitative estimate of drug-likeness (QED) is 0.855. The van der Waals surface area contributed by atoms with Crippen molar-refractivity contribution in [2.45, 2.75) is 32.2 Å². The molecule has 132 valence electrons. The molecule has 2 aromatic rings. The monoisotopic (exact) mass is 362 g/mol. The van der Waals surface area contributed by atoms with E-state index in [1.165, 1.54) is 18.3 Å². The molecule has 7 heteroatoms. The van der Waals surface area contributed by atoms with E-state index in [1.807, 2.05) is 24.8 Å². The number of hydrogen-bond acceptors (Lipinski definition) is 4. The van der Waals surface area contributed by atoms with Gasteiger partial charge in [-0.3, -0.25) is 4.79 Å². The van der Waals surface area contributed by atoms with Gasteiger partial charge in [-0.1, -0.05) is 23.7 Å². The van der Waals surface area contributed by atoms with Crippen LogP contribution in [0.1, 0.15) is 42.2 Å². The summed E-state index contributed by atoms with van der Waals surface area (Å²) in [5.41, 5.74) is 1.06. The second-order valence-electron chi connectivity index (χ2n) is 6.02. The number of nitrogens with one attached hydrogen (secondary N) is 1. The van der Waals surface area contributed by atoms with Gasteiger partial charge in [0.25, 0.3) is 5.91 Å². The summed E-state index contributed by atoms with van der Waals surface area (Å²) in [7, 11) is 0. The maximum atomic E-state index is 13.3. The van der Waals surface area contributed by atoms with Crippen molar-refractivity contribution in [2.75, 3.05) is 18.0 Å². The summed E-state index contributed by atoms with van der Waals surface area (Å²) in [5, 5.41) is 3.15. The average molecular weight is 363 g/mol. The summed E-state index contributed by atoms with van der Waals surface area (Å²) in [6.07, 6.45) is 2.23. The van der Waals surface area contributed by atoms with Crippen molar-refractivity contribution < 1.29 is 9.18 Å². The summed E-state index contributed by atoms with van der Waals surface area (Å²) in [6, 6.07) is 6.44. The number of aromatic nitrogens is 2. The molecule has 5 nitrogen and oxygen atoms in total. The highest BCUT2D eigenvalue weighted by Crippen LogP contribution is 2.41. The van der Waals surface area contributed by atoms with Gasteiger partial charge in [0.05, 0.1) is 11.2 Å². The van der Waals surface area contributed by atoms with Crippen LogP contribution in [0.15, 0.2) is 30.5 Å². The Balaban J connectivity index is 1.71. The maximum absolute atomic E-state index is 13.3. The lowest BCUT2D eigenvalue weighted by atomic mass is 10.1. The van der Waals surface area contributed by atoms with Gasteiger partial charge in [-0.15, -0.1) is 0 Å². The van der Waals surface area contributed by atoms with E-state index in [2.05, 4.69) is 15.3 Å². The maximum Gasteiger partial charge on any atom is 0.271 e. The van der Waals surface area contributed by atoms with Crippen LogP contribution < -0.4 is 10.2 Å². The Hall–Kier alpha value is -2.21. The Morgan fingerprint density at radius 3 is 2.84 bits per heavy atom. The van der Waals surface area contributed by atoms with Gasteiger partial charge >= 0.3 is 0 Å². The molecular formula is C18H20ClFN4O. The molecule has 1 N–H and O–H groups in total. The third kappa shape index (κ3) is 3.90. The molecule has 25 heavy (non-hydrogen) atoms. The van der Waals surface area contributed by atoms with Crippen LogP contribution in [0.5, 0.6) is 0 Å². The number of anilines is 1. The van der Waals surface area contributed by atoms with Crippen LogP contribution in [0.2, 0.25) is 5.02 Å². The Kier molecular flexibility index (Phi) is 5.18. The fourth-order valence-electron chi connectivity index (χ4n) is 2.87. The highest BCUT2D eigenvalue weighted by atomic mass is 35.5. The first-order chi connectivity index (χ1) is 12.0. The first-order valence-corrected chi connectivity index (χ1v) is 8.75. The van der Waals surface area contributed by atoms with E-state index in [-0.39, 0.29) is 34.4 Å². The molecule has 1 aromatic carbocycles. The molecule has 0 bridgehead atoms. The zero-order valence-corrected chi connectivity index (χ0v) is 14.9. The number of benzene rings is 1. The summed E-state index contributed by atoms with van der Waals surface area (Å²) in [5.74, 6) is 0.0152. The van der Waals surface area contributed by atoms with Gasteiger partial charge in [0.2, 0.25) is 5.95 Å². The molecule has 1 aliphatic carbocycles. The van der Waals surface area contributed by atoms with Crippen LogP contribution in [0.3, 0.4) is 0 Å². The molecule has 1 heterocycles. The van der Waals surface area contributed by atoms with Crippen molar-refractivity contribution >= 4 is 23.5 Å². The lowest BCUT2D eigenvalue weighted by molar-refractivity contribution is 0.0945. The van der Waals surface area contributed by atoms with Gasteiger partial charge in [-0.25, -0.2) is 14.4 Å². The van der Waals surface area contributed by atoms with Crippen LogP contribution in [0.25, 0.3) is 0 Å². The largest absolute Gasteiger partial charge is 0.347 e. The number of carbonyl (C=O) groups is 1. The van der Waals surface area contributed by atoms with Crippen LogP contribution in [0, 0.1) is 5.82 Å². The average Bonchev–Trinajstić information content (AvgIpc) is 3.36. The minimum Gasteiger partial charge on any atom is -0.347 e. The predicted molar refractivity (Wildman–Crippen MR) is 95.6 cm³/mol. The summed E-state index contributed by atoms with van der Waals surface area (Å²) >= 11 is 6.11. The van der Waals surface area contributed by atoms with E-state index >= 15 is 0 Å². The van der Waals surface area contributed by atoms with Gasteiger partial charge in [-0.2, -0.15) is 0 Å².